The van der Waals surface area contributed by atoms with Crippen molar-refractivity contribution in [3.8, 4) is 11.8 Å². The second-order valence-corrected chi connectivity index (χ2v) is 8.56. The molecule has 7 nitrogen and oxygen atoms in total. The van der Waals surface area contributed by atoms with Crippen LogP contribution >= 0.6 is 0 Å². The van der Waals surface area contributed by atoms with E-state index in [0.29, 0.717) is 49.5 Å². The number of rotatable bonds is 11. The smallest absolute Gasteiger partial charge is 0.248 e. The number of benzene rings is 2. The molecule has 8 heteroatoms. The zero-order valence-corrected chi connectivity index (χ0v) is 18.6. The molecule has 0 atom stereocenters. The Morgan fingerprint density at radius 1 is 1.16 bits per heavy atom. The fraction of sp³-hybridized carbons (Fsp3) is 0.304. The summed E-state index contributed by atoms with van der Waals surface area (Å²) < 4.78 is 32.0. The SMILES string of the molecule is CCN(CC)S(=O)(=O)c1ccc(/C=C/C(=O)Nc2cccc(OCCCC#N)c2)cc1. The summed E-state index contributed by atoms with van der Waals surface area (Å²) in [5.41, 5.74) is 1.30. The molecule has 0 spiro atoms. The van der Waals surface area contributed by atoms with Crippen LogP contribution in [0.5, 0.6) is 5.75 Å². The molecule has 1 N–H and O–H groups in total. The van der Waals surface area contributed by atoms with Crippen molar-refractivity contribution in [2.24, 2.45) is 0 Å². The third-order valence-electron chi connectivity index (χ3n) is 4.45. The zero-order chi connectivity index (χ0) is 22.7. The standard InChI is InChI=1S/C23H27N3O4S/c1-3-26(4-2)31(28,29)22-13-10-19(11-14-22)12-15-23(27)25-20-8-7-9-21(18-20)30-17-6-5-16-24/h7-15,18H,3-6,17H2,1-2H3,(H,25,27)/b15-12+. The van der Waals surface area contributed by atoms with E-state index in [1.54, 1.807) is 68.5 Å². The molecule has 164 valence electrons. The predicted molar refractivity (Wildman–Crippen MR) is 121 cm³/mol. The molecule has 0 aliphatic heterocycles. The predicted octanol–water partition coefficient (Wildman–Crippen LogP) is 4.05. The van der Waals surface area contributed by atoms with Crippen LogP contribution in [-0.4, -0.2) is 38.3 Å². The van der Waals surface area contributed by atoms with Crippen LogP contribution in [-0.2, 0) is 14.8 Å². The number of carbonyl (C=O) groups excluding carboxylic acids is 1. The van der Waals surface area contributed by atoms with Gasteiger partial charge in [0.25, 0.3) is 0 Å². The molecule has 2 rings (SSSR count). The summed E-state index contributed by atoms with van der Waals surface area (Å²) in [6, 6.07) is 15.5. The molecule has 0 aliphatic carbocycles. The minimum Gasteiger partial charge on any atom is -0.493 e. The highest BCUT2D eigenvalue weighted by molar-refractivity contribution is 7.89. The average Bonchev–Trinajstić information content (AvgIpc) is 2.76. The molecule has 0 unspecified atom stereocenters. The number of sulfonamides is 1. The van der Waals surface area contributed by atoms with Crippen molar-refractivity contribution in [1.82, 2.24) is 4.31 Å². The first-order valence-corrected chi connectivity index (χ1v) is 11.5. The lowest BCUT2D eigenvalue weighted by atomic mass is 10.2. The van der Waals surface area contributed by atoms with Crippen LogP contribution in [0.3, 0.4) is 0 Å². The van der Waals surface area contributed by atoms with Crippen molar-refractivity contribution in [3.05, 3.63) is 60.2 Å². The van der Waals surface area contributed by atoms with Gasteiger partial charge in [0.15, 0.2) is 0 Å². The Bertz CT molecular complexity index is 1040. The van der Waals surface area contributed by atoms with Gasteiger partial charge in [0.2, 0.25) is 15.9 Å². The Morgan fingerprint density at radius 2 is 1.87 bits per heavy atom. The van der Waals surface area contributed by atoms with Crippen molar-refractivity contribution in [3.63, 3.8) is 0 Å². The number of hydrogen-bond donors (Lipinski definition) is 1. The Kier molecular flexibility index (Phi) is 9.25. The molecule has 0 aliphatic rings. The van der Waals surface area contributed by atoms with Gasteiger partial charge in [-0.3, -0.25) is 4.79 Å². The van der Waals surface area contributed by atoms with Gasteiger partial charge in [-0.15, -0.1) is 0 Å². The second kappa shape index (κ2) is 11.9. The quantitative estimate of drug-likeness (QED) is 0.419. The minimum atomic E-state index is -3.50. The van der Waals surface area contributed by atoms with E-state index < -0.39 is 10.0 Å². The fourth-order valence-corrected chi connectivity index (χ4v) is 4.28. The normalized spacial score (nSPS) is 11.4. The molecule has 31 heavy (non-hydrogen) atoms. The van der Waals surface area contributed by atoms with Crippen LogP contribution in [0.2, 0.25) is 0 Å². The van der Waals surface area contributed by atoms with E-state index in [1.165, 1.54) is 10.4 Å². The summed E-state index contributed by atoms with van der Waals surface area (Å²) >= 11 is 0. The van der Waals surface area contributed by atoms with Crippen molar-refractivity contribution in [2.75, 3.05) is 25.0 Å². The van der Waals surface area contributed by atoms with Crippen molar-refractivity contribution >= 4 is 27.7 Å². The molecular formula is C23H27N3O4S. The first-order chi connectivity index (χ1) is 14.9. The van der Waals surface area contributed by atoms with Crippen LogP contribution in [0.1, 0.15) is 32.3 Å². The fourth-order valence-electron chi connectivity index (χ4n) is 2.82. The molecular weight excluding hydrogens is 414 g/mol. The monoisotopic (exact) mass is 441 g/mol. The van der Waals surface area contributed by atoms with Crippen LogP contribution in [0.4, 0.5) is 5.69 Å². The highest BCUT2D eigenvalue weighted by Crippen LogP contribution is 2.19. The Hall–Kier alpha value is -3.15. The van der Waals surface area contributed by atoms with Gasteiger partial charge in [0.05, 0.1) is 17.6 Å². The van der Waals surface area contributed by atoms with E-state index in [2.05, 4.69) is 11.4 Å². The Morgan fingerprint density at radius 3 is 2.52 bits per heavy atom. The van der Waals surface area contributed by atoms with Crippen molar-refractivity contribution in [2.45, 2.75) is 31.6 Å². The summed E-state index contributed by atoms with van der Waals surface area (Å²) in [4.78, 5) is 12.4. The number of carbonyl (C=O) groups is 1. The van der Waals surface area contributed by atoms with E-state index in [9.17, 15) is 13.2 Å². The summed E-state index contributed by atoms with van der Waals surface area (Å²) in [5, 5.41) is 11.3. The topological polar surface area (TPSA) is 99.5 Å². The van der Waals surface area contributed by atoms with Gasteiger partial charge in [-0.2, -0.15) is 9.57 Å². The zero-order valence-electron chi connectivity index (χ0n) is 17.7. The lowest BCUT2D eigenvalue weighted by Crippen LogP contribution is -2.30. The third-order valence-corrected chi connectivity index (χ3v) is 6.52. The van der Waals surface area contributed by atoms with Crippen molar-refractivity contribution < 1.29 is 17.9 Å². The van der Waals surface area contributed by atoms with Crippen LogP contribution in [0.25, 0.3) is 6.08 Å². The largest absolute Gasteiger partial charge is 0.493 e. The number of hydrogen-bond acceptors (Lipinski definition) is 5. The van der Waals surface area contributed by atoms with Crippen LogP contribution in [0.15, 0.2) is 59.5 Å². The summed E-state index contributed by atoms with van der Waals surface area (Å²) in [5.74, 6) is 0.297. The maximum Gasteiger partial charge on any atom is 0.248 e. The number of nitrogens with one attached hydrogen (secondary N) is 1. The van der Waals surface area contributed by atoms with Gasteiger partial charge in [-0.25, -0.2) is 8.42 Å². The summed E-state index contributed by atoms with van der Waals surface area (Å²) in [7, 11) is -3.50. The maximum absolute atomic E-state index is 12.5. The molecule has 0 saturated heterocycles. The molecule has 0 bridgehead atoms. The number of unbranched alkanes of at least 4 members (excludes halogenated alkanes) is 1. The molecule has 0 fully saturated rings. The molecule has 1 amide bonds. The summed E-state index contributed by atoms with van der Waals surface area (Å²) in [6.45, 7) is 4.85. The third kappa shape index (κ3) is 7.24. The molecule has 0 aromatic heterocycles. The molecule has 0 saturated carbocycles. The van der Waals surface area contributed by atoms with Gasteiger partial charge in [0, 0.05) is 37.3 Å². The number of nitrogens with zero attached hydrogens (tertiary/aromatic N) is 2. The van der Waals surface area contributed by atoms with Gasteiger partial charge >= 0.3 is 0 Å². The number of amides is 1. The van der Waals surface area contributed by atoms with Gasteiger partial charge < -0.3 is 10.1 Å². The second-order valence-electron chi connectivity index (χ2n) is 6.62. The first-order valence-electron chi connectivity index (χ1n) is 10.1. The van der Waals surface area contributed by atoms with E-state index >= 15 is 0 Å². The summed E-state index contributed by atoms with van der Waals surface area (Å²) in [6.07, 6.45) is 4.08. The van der Waals surface area contributed by atoms with E-state index in [4.69, 9.17) is 10.00 Å². The Balaban J connectivity index is 1.97. The lowest BCUT2D eigenvalue weighted by Gasteiger charge is -2.18. The average molecular weight is 442 g/mol. The van der Waals surface area contributed by atoms with Crippen LogP contribution < -0.4 is 10.1 Å². The highest BCUT2D eigenvalue weighted by atomic mass is 32.2. The van der Waals surface area contributed by atoms with E-state index in [-0.39, 0.29) is 10.8 Å². The van der Waals surface area contributed by atoms with E-state index in [1.807, 2.05) is 0 Å². The Labute approximate surface area is 184 Å². The lowest BCUT2D eigenvalue weighted by molar-refractivity contribution is -0.111. The molecule has 2 aromatic rings. The first kappa shape index (κ1) is 24.1. The van der Waals surface area contributed by atoms with Gasteiger partial charge in [0.1, 0.15) is 5.75 Å². The minimum absolute atomic E-state index is 0.226. The molecule has 2 aromatic carbocycles. The highest BCUT2D eigenvalue weighted by Gasteiger charge is 2.20. The molecule has 0 radical (unpaired) electrons. The van der Waals surface area contributed by atoms with Gasteiger partial charge in [-0.1, -0.05) is 32.0 Å². The maximum atomic E-state index is 12.5. The van der Waals surface area contributed by atoms with Crippen molar-refractivity contribution in [1.29, 1.82) is 5.26 Å². The van der Waals surface area contributed by atoms with Crippen LogP contribution in [0, 0.1) is 11.3 Å². The number of nitriles is 1. The molecule has 0 heterocycles. The van der Waals surface area contributed by atoms with Gasteiger partial charge in [-0.05, 0) is 42.3 Å². The van der Waals surface area contributed by atoms with E-state index in [0.717, 1.165) is 0 Å². The number of anilines is 1. The number of ether oxygens (including phenoxy) is 1.